The number of carbonyl (C=O) groups excluding carboxylic acids is 1. The number of methoxy groups -OCH3 is 1. The van der Waals surface area contributed by atoms with Crippen molar-refractivity contribution in [1.29, 1.82) is 0 Å². The molecule has 0 saturated heterocycles. The predicted molar refractivity (Wildman–Crippen MR) is 107 cm³/mol. The lowest BCUT2D eigenvalue weighted by Gasteiger charge is -2.13. The van der Waals surface area contributed by atoms with Gasteiger partial charge >= 0.3 is 0 Å². The van der Waals surface area contributed by atoms with Crippen LogP contribution in [0.2, 0.25) is 0 Å². The summed E-state index contributed by atoms with van der Waals surface area (Å²) in [7, 11) is 1.60. The highest BCUT2D eigenvalue weighted by molar-refractivity contribution is 5.87. The summed E-state index contributed by atoms with van der Waals surface area (Å²) < 4.78 is 7.52. The Balaban J connectivity index is 1.94. The van der Waals surface area contributed by atoms with Gasteiger partial charge in [0.05, 0.1) is 19.2 Å². The Bertz CT molecular complexity index is 936. The predicted octanol–water partition coefficient (Wildman–Crippen LogP) is 3.49. The molecule has 2 heterocycles. The van der Waals surface area contributed by atoms with Crippen molar-refractivity contribution in [3.8, 4) is 5.75 Å². The highest BCUT2D eigenvalue weighted by Crippen LogP contribution is 2.26. The van der Waals surface area contributed by atoms with Crippen molar-refractivity contribution in [2.75, 3.05) is 24.7 Å². The average Bonchev–Trinajstić information content (AvgIpc) is 3.08. The molecule has 0 radical (unpaired) electrons. The molecule has 0 saturated carbocycles. The Morgan fingerprint density at radius 3 is 2.85 bits per heavy atom. The number of nitrogens with two attached hydrogens (primary N) is 1. The van der Waals surface area contributed by atoms with Crippen LogP contribution in [0.5, 0.6) is 5.75 Å². The van der Waals surface area contributed by atoms with Gasteiger partial charge in [0.1, 0.15) is 17.6 Å². The third-order valence-electron chi connectivity index (χ3n) is 4.49. The summed E-state index contributed by atoms with van der Waals surface area (Å²) in [6, 6.07) is 7.36. The minimum atomic E-state index is 0.256. The molecule has 3 aromatic rings. The van der Waals surface area contributed by atoms with Gasteiger partial charge < -0.3 is 20.4 Å². The van der Waals surface area contributed by atoms with Gasteiger partial charge in [0.15, 0.2) is 5.82 Å². The molecule has 142 valence electrons. The van der Waals surface area contributed by atoms with Crippen LogP contribution in [0.1, 0.15) is 42.1 Å². The van der Waals surface area contributed by atoms with Crippen molar-refractivity contribution in [3.63, 3.8) is 0 Å². The number of rotatable bonds is 9. The summed E-state index contributed by atoms with van der Waals surface area (Å²) in [5, 5.41) is 3.39. The van der Waals surface area contributed by atoms with Crippen LogP contribution >= 0.6 is 0 Å². The normalized spacial score (nSPS) is 10.9. The lowest BCUT2D eigenvalue weighted by molar-refractivity contribution is 0.112. The summed E-state index contributed by atoms with van der Waals surface area (Å²) >= 11 is 0. The zero-order valence-corrected chi connectivity index (χ0v) is 15.7. The van der Waals surface area contributed by atoms with E-state index in [9.17, 15) is 4.79 Å². The second-order valence-electron chi connectivity index (χ2n) is 6.43. The lowest BCUT2D eigenvalue weighted by atomic mass is 10.1. The Morgan fingerprint density at radius 2 is 2.11 bits per heavy atom. The SMILES string of the molecule is CCCCCNc1nc(N)nc2ccn(Cc3ccc(C=O)cc3OC)c12. The molecule has 0 aliphatic rings. The number of benzene rings is 1. The summed E-state index contributed by atoms with van der Waals surface area (Å²) in [6.07, 6.45) is 6.17. The van der Waals surface area contributed by atoms with Crippen molar-refractivity contribution in [1.82, 2.24) is 14.5 Å². The molecule has 0 spiro atoms. The van der Waals surface area contributed by atoms with Crippen LogP contribution < -0.4 is 15.8 Å². The number of nitrogens with one attached hydrogen (secondary N) is 1. The molecule has 27 heavy (non-hydrogen) atoms. The zero-order chi connectivity index (χ0) is 19.2. The first-order chi connectivity index (χ1) is 13.2. The van der Waals surface area contributed by atoms with Crippen LogP contribution in [0.15, 0.2) is 30.5 Å². The second kappa shape index (κ2) is 8.53. The van der Waals surface area contributed by atoms with E-state index in [0.717, 1.165) is 54.5 Å². The number of fused-ring (bicyclic) bond motifs is 1. The number of carbonyl (C=O) groups is 1. The van der Waals surface area contributed by atoms with E-state index in [1.54, 1.807) is 19.2 Å². The maximum Gasteiger partial charge on any atom is 0.222 e. The number of ether oxygens (including phenoxy) is 1. The quantitative estimate of drug-likeness (QED) is 0.444. The number of hydrogen-bond donors (Lipinski definition) is 2. The van der Waals surface area contributed by atoms with E-state index >= 15 is 0 Å². The minimum absolute atomic E-state index is 0.256. The van der Waals surface area contributed by atoms with E-state index in [-0.39, 0.29) is 5.95 Å². The van der Waals surface area contributed by atoms with E-state index in [1.807, 2.05) is 18.3 Å². The van der Waals surface area contributed by atoms with Crippen molar-refractivity contribution in [3.05, 3.63) is 41.6 Å². The molecule has 0 aliphatic heterocycles. The van der Waals surface area contributed by atoms with E-state index in [4.69, 9.17) is 10.5 Å². The number of unbranched alkanes of at least 4 members (excludes halogenated alkanes) is 2. The van der Waals surface area contributed by atoms with E-state index < -0.39 is 0 Å². The van der Waals surface area contributed by atoms with Gasteiger partial charge in [-0.1, -0.05) is 31.9 Å². The molecule has 0 fully saturated rings. The summed E-state index contributed by atoms with van der Waals surface area (Å²) in [4.78, 5) is 19.7. The van der Waals surface area contributed by atoms with E-state index in [1.165, 1.54) is 0 Å². The first kappa shape index (κ1) is 18.7. The fourth-order valence-electron chi connectivity index (χ4n) is 3.11. The summed E-state index contributed by atoms with van der Waals surface area (Å²) in [5.41, 5.74) is 9.12. The Labute approximate surface area is 158 Å². The largest absolute Gasteiger partial charge is 0.496 e. The van der Waals surface area contributed by atoms with Crippen LogP contribution in [-0.2, 0) is 6.54 Å². The van der Waals surface area contributed by atoms with Crippen LogP contribution in [-0.4, -0.2) is 34.5 Å². The molecular formula is C20H25N5O2. The van der Waals surface area contributed by atoms with Crippen molar-refractivity contribution in [2.45, 2.75) is 32.7 Å². The molecule has 0 unspecified atom stereocenters. The molecule has 2 aromatic heterocycles. The zero-order valence-electron chi connectivity index (χ0n) is 15.7. The molecule has 3 rings (SSSR count). The summed E-state index contributed by atoms with van der Waals surface area (Å²) in [6.45, 7) is 3.58. The lowest BCUT2D eigenvalue weighted by Crippen LogP contribution is -2.09. The molecule has 3 N–H and O–H groups in total. The molecule has 0 aliphatic carbocycles. The van der Waals surface area contributed by atoms with Gasteiger partial charge in [-0.05, 0) is 18.6 Å². The van der Waals surface area contributed by atoms with Gasteiger partial charge in [-0.15, -0.1) is 0 Å². The number of nitrogens with zero attached hydrogens (tertiary/aromatic N) is 3. The third kappa shape index (κ3) is 4.19. The second-order valence-corrected chi connectivity index (χ2v) is 6.43. The Hall–Kier alpha value is -3.09. The molecule has 0 atom stereocenters. The molecule has 7 heteroatoms. The number of hydrogen-bond acceptors (Lipinski definition) is 6. The van der Waals surface area contributed by atoms with Gasteiger partial charge in [-0.2, -0.15) is 4.98 Å². The van der Waals surface area contributed by atoms with Crippen LogP contribution in [0, 0.1) is 0 Å². The number of aromatic nitrogens is 3. The minimum Gasteiger partial charge on any atom is -0.496 e. The van der Waals surface area contributed by atoms with Gasteiger partial charge in [0.2, 0.25) is 5.95 Å². The smallest absolute Gasteiger partial charge is 0.222 e. The van der Waals surface area contributed by atoms with Crippen molar-refractivity contribution >= 4 is 29.1 Å². The first-order valence-electron chi connectivity index (χ1n) is 9.14. The molecule has 1 aromatic carbocycles. The average molecular weight is 367 g/mol. The molecule has 0 amide bonds. The van der Waals surface area contributed by atoms with Crippen LogP contribution in [0.4, 0.5) is 11.8 Å². The third-order valence-corrected chi connectivity index (χ3v) is 4.49. The fraction of sp³-hybridized carbons (Fsp3) is 0.350. The van der Waals surface area contributed by atoms with E-state index in [0.29, 0.717) is 17.9 Å². The molecular weight excluding hydrogens is 342 g/mol. The standard InChI is InChI=1S/C20H25N5O2/c1-3-4-5-9-22-19-18-16(23-20(21)24-19)8-10-25(18)12-15-7-6-14(13-26)11-17(15)27-2/h6-8,10-11,13H,3-5,9,12H2,1-2H3,(H3,21,22,23,24). The maximum atomic E-state index is 11.0. The van der Waals surface area contributed by atoms with Gasteiger partial charge in [0, 0.05) is 23.9 Å². The monoisotopic (exact) mass is 367 g/mol. The number of aldehydes is 1. The van der Waals surface area contributed by atoms with Gasteiger partial charge in [-0.25, -0.2) is 4.98 Å². The highest BCUT2D eigenvalue weighted by atomic mass is 16.5. The van der Waals surface area contributed by atoms with Crippen molar-refractivity contribution < 1.29 is 9.53 Å². The fourth-order valence-corrected chi connectivity index (χ4v) is 3.11. The molecule has 0 bridgehead atoms. The van der Waals surface area contributed by atoms with E-state index in [2.05, 4.69) is 26.8 Å². The highest BCUT2D eigenvalue weighted by Gasteiger charge is 2.13. The van der Waals surface area contributed by atoms with Crippen LogP contribution in [0.25, 0.3) is 11.0 Å². The van der Waals surface area contributed by atoms with Crippen molar-refractivity contribution in [2.24, 2.45) is 0 Å². The maximum absolute atomic E-state index is 11.0. The molecule has 7 nitrogen and oxygen atoms in total. The first-order valence-corrected chi connectivity index (χ1v) is 9.14. The Morgan fingerprint density at radius 1 is 1.26 bits per heavy atom. The Kier molecular flexibility index (Phi) is 5.90. The topological polar surface area (TPSA) is 95.1 Å². The number of anilines is 2. The number of nitrogen functional groups attached to an aromatic ring is 1. The van der Waals surface area contributed by atoms with Gasteiger partial charge in [-0.3, -0.25) is 4.79 Å². The van der Waals surface area contributed by atoms with Gasteiger partial charge in [0.25, 0.3) is 0 Å². The summed E-state index contributed by atoms with van der Waals surface area (Å²) in [5.74, 6) is 1.67. The van der Waals surface area contributed by atoms with Crippen LogP contribution in [0.3, 0.4) is 0 Å².